The van der Waals surface area contributed by atoms with E-state index in [1.807, 2.05) is 0 Å². The first-order valence-electron chi connectivity index (χ1n) is 6.37. The summed E-state index contributed by atoms with van der Waals surface area (Å²) in [6.07, 6.45) is 0. The van der Waals surface area contributed by atoms with Gasteiger partial charge in [0.15, 0.2) is 0 Å². The topological polar surface area (TPSA) is 48.7 Å². The summed E-state index contributed by atoms with van der Waals surface area (Å²) in [7, 11) is 0. The van der Waals surface area contributed by atoms with Crippen LogP contribution in [0, 0.1) is 0 Å². The van der Waals surface area contributed by atoms with Gasteiger partial charge in [0.05, 0.1) is 11.6 Å². The molecule has 0 aliphatic heterocycles. The molecule has 0 unspecified atom stereocenters. The van der Waals surface area contributed by atoms with Crippen molar-refractivity contribution in [3.63, 3.8) is 0 Å². The maximum atomic E-state index is 11.1. The minimum absolute atomic E-state index is 0.109. The normalized spacial score (nSPS) is 10.6. The molecule has 21 heavy (non-hydrogen) atoms. The van der Waals surface area contributed by atoms with Crippen molar-refractivity contribution in [1.29, 1.82) is 0 Å². The lowest BCUT2D eigenvalue weighted by Crippen LogP contribution is -2.12. The number of hydrogen-bond acceptors (Lipinski definition) is 4. The fraction of sp³-hybridized carbons (Fsp3) is 0.267. The van der Waals surface area contributed by atoms with Gasteiger partial charge in [-0.3, -0.25) is 0 Å². The zero-order valence-electron chi connectivity index (χ0n) is 11.4. The predicted molar refractivity (Wildman–Crippen MR) is 80.5 cm³/mol. The number of ether oxygens (including phenoxy) is 2. The van der Waals surface area contributed by atoms with Crippen LogP contribution in [-0.2, 0) is 20.9 Å². The van der Waals surface area contributed by atoms with Gasteiger partial charge in [0.25, 0.3) is 0 Å². The third-order valence-electron chi connectivity index (χ3n) is 2.63. The number of furan rings is 1. The number of carbonyl (C=O) groups excluding carboxylic acids is 1. The molecule has 1 aromatic carbocycles. The molecule has 2 aromatic rings. The maximum absolute atomic E-state index is 11.1. The van der Waals surface area contributed by atoms with Crippen LogP contribution in [0.2, 0.25) is 10.0 Å². The summed E-state index contributed by atoms with van der Waals surface area (Å²) in [6.45, 7) is 2.14. The monoisotopic (exact) mass is 328 g/mol. The highest BCUT2D eigenvalue weighted by Gasteiger charge is 2.10. The van der Waals surface area contributed by atoms with Crippen molar-refractivity contribution in [1.82, 2.24) is 0 Å². The van der Waals surface area contributed by atoms with Crippen LogP contribution >= 0.6 is 23.2 Å². The molecule has 0 aliphatic rings. The van der Waals surface area contributed by atoms with Crippen LogP contribution in [0.25, 0.3) is 11.3 Å². The number of rotatable bonds is 6. The molecule has 0 N–H and O–H groups in total. The Morgan fingerprint density at radius 2 is 2.05 bits per heavy atom. The Kier molecular flexibility index (Phi) is 5.67. The van der Waals surface area contributed by atoms with Crippen LogP contribution in [0.4, 0.5) is 0 Å². The second-order valence-corrected chi connectivity index (χ2v) is 5.03. The Morgan fingerprint density at radius 3 is 2.81 bits per heavy atom. The van der Waals surface area contributed by atoms with Gasteiger partial charge in [-0.25, -0.2) is 4.79 Å². The third kappa shape index (κ3) is 4.49. The van der Waals surface area contributed by atoms with Gasteiger partial charge in [-0.15, -0.1) is 0 Å². The zero-order chi connectivity index (χ0) is 15.2. The molecular formula is C15H14Cl2O4. The number of halogens is 2. The summed E-state index contributed by atoms with van der Waals surface area (Å²) in [5, 5.41) is 1.12. The number of carbonyl (C=O) groups is 1. The van der Waals surface area contributed by atoms with Crippen molar-refractivity contribution < 1.29 is 18.7 Å². The van der Waals surface area contributed by atoms with E-state index in [-0.39, 0.29) is 13.2 Å². The van der Waals surface area contributed by atoms with Crippen molar-refractivity contribution >= 4 is 29.2 Å². The van der Waals surface area contributed by atoms with E-state index in [4.69, 9.17) is 37.1 Å². The van der Waals surface area contributed by atoms with E-state index in [1.165, 1.54) is 0 Å². The van der Waals surface area contributed by atoms with Gasteiger partial charge >= 0.3 is 5.97 Å². The van der Waals surface area contributed by atoms with Gasteiger partial charge < -0.3 is 13.9 Å². The van der Waals surface area contributed by atoms with Crippen LogP contribution in [0.3, 0.4) is 0 Å². The molecule has 4 nitrogen and oxygen atoms in total. The van der Waals surface area contributed by atoms with Gasteiger partial charge in [-0.05, 0) is 37.3 Å². The Balaban J connectivity index is 1.98. The standard InChI is InChI=1S/C15H14Cl2O4/c1-2-20-15(18)9-19-8-11-4-6-14(21-11)12-7-10(16)3-5-13(12)17/h3-7H,2,8-9H2,1H3. The van der Waals surface area contributed by atoms with E-state index in [0.717, 1.165) is 0 Å². The largest absolute Gasteiger partial charge is 0.464 e. The Hall–Kier alpha value is -1.49. The molecule has 112 valence electrons. The SMILES string of the molecule is CCOC(=O)COCc1ccc(-c2cc(Cl)ccc2Cl)o1. The minimum Gasteiger partial charge on any atom is -0.464 e. The lowest BCUT2D eigenvalue weighted by atomic mass is 10.2. The van der Waals surface area contributed by atoms with Crippen molar-refractivity contribution in [3.8, 4) is 11.3 Å². The fourth-order valence-electron chi connectivity index (χ4n) is 1.72. The van der Waals surface area contributed by atoms with Crippen LogP contribution in [0.5, 0.6) is 0 Å². The molecule has 2 rings (SSSR count). The quantitative estimate of drug-likeness (QED) is 0.740. The lowest BCUT2D eigenvalue weighted by Gasteiger charge is -2.03. The van der Waals surface area contributed by atoms with E-state index in [0.29, 0.717) is 33.7 Å². The van der Waals surface area contributed by atoms with Gasteiger partial charge in [-0.1, -0.05) is 23.2 Å². The average molecular weight is 329 g/mol. The highest BCUT2D eigenvalue weighted by atomic mass is 35.5. The van der Waals surface area contributed by atoms with Crippen LogP contribution in [-0.4, -0.2) is 19.2 Å². The Morgan fingerprint density at radius 1 is 1.24 bits per heavy atom. The fourth-order valence-corrected chi connectivity index (χ4v) is 2.11. The first kappa shape index (κ1) is 15.9. The summed E-state index contributed by atoms with van der Waals surface area (Å²) in [4.78, 5) is 11.1. The van der Waals surface area contributed by atoms with E-state index < -0.39 is 5.97 Å². The van der Waals surface area contributed by atoms with Crippen molar-refractivity contribution in [2.45, 2.75) is 13.5 Å². The van der Waals surface area contributed by atoms with E-state index in [1.54, 1.807) is 37.3 Å². The molecule has 0 saturated carbocycles. The predicted octanol–water partition coefficient (Wildman–Crippen LogP) is 4.33. The first-order chi connectivity index (χ1) is 10.1. The van der Waals surface area contributed by atoms with Crippen molar-refractivity contribution in [2.75, 3.05) is 13.2 Å². The molecular weight excluding hydrogens is 315 g/mol. The Bertz CT molecular complexity index is 622. The molecule has 0 atom stereocenters. The first-order valence-corrected chi connectivity index (χ1v) is 7.13. The molecule has 1 aromatic heterocycles. The number of benzene rings is 1. The maximum Gasteiger partial charge on any atom is 0.332 e. The summed E-state index contributed by atoms with van der Waals surface area (Å²) in [5.41, 5.74) is 0.709. The lowest BCUT2D eigenvalue weighted by molar-refractivity contribution is -0.149. The third-order valence-corrected chi connectivity index (χ3v) is 3.19. The van der Waals surface area contributed by atoms with Gasteiger partial charge in [0.2, 0.25) is 0 Å². The Labute approximate surface area is 132 Å². The molecule has 6 heteroatoms. The molecule has 0 saturated heterocycles. The van der Waals surface area contributed by atoms with Crippen LogP contribution in [0.15, 0.2) is 34.7 Å². The van der Waals surface area contributed by atoms with Gasteiger partial charge in [0, 0.05) is 10.6 Å². The van der Waals surface area contributed by atoms with Crippen LogP contribution in [0.1, 0.15) is 12.7 Å². The average Bonchev–Trinajstić information content (AvgIpc) is 2.90. The summed E-state index contributed by atoms with van der Waals surface area (Å²) >= 11 is 12.1. The highest BCUT2D eigenvalue weighted by molar-refractivity contribution is 6.35. The number of hydrogen-bond donors (Lipinski definition) is 0. The molecule has 0 aliphatic carbocycles. The smallest absolute Gasteiger partial charge is 0.332 e. The van der Waals surface area contributed by atoms with E-state index in [2.05, 4.69) is 0 Å². The summed E-state index contributed by atoms with van der Waals surface area (Å²) < 4.78 is 15.6. The summed E-state index contributed by atoms with van der Waals surface area (Å²) in [5.74, 6) is 0.782. The summed E-state index contributed by atoms with van der Waals surface area (Å²) in [6, 6.07) is 8.68. The molecule has 0 fully saturated rings. The number of esters is 1. The van der Waals surface area contributed by atoms with Gasteiger partial charge in [0.1, 0.15) is 24.7 Å². The molecule has 0 bridgehead atoms. The molecule has 0 radical (unpaired) electrons. The highest BCUT2D eigenvalue weighted by Crippen LogP contribution is 2.31. The second kappa shape index (κ2) is 7.50. The second-order valence-electron chi connectivity index (χ2n) is 4.19. The van der Waals surface area contributed by atoms with E-state index in [9.17, 15) is 4.79 Å². The van der Waals surface area contributed by atoms with Crippen molar-refractivity contribution in [2.24, 2.45) is 0 Å². The molecule has 1 heterocycles. The van der Waals surface area contributed by atoms with Crippen LogP contribution < -0.4 is 0 Å². The zero-order valence-corrected chi connectivity index (χ0v) is 12.9. The molecule has 0 amide bonds. The van der Waals surface area contributed by atoms with Crippen molar-refractivity contribution in [3.05, 3.63) is 46.1 Å². The van der Waals surface area contributed by atoms with E-state index >= 15 is 0 Å². The molecule has 0 spiro atoms. The minimum atomic E-state index is -0.401. The van der Waals surface area contributed by atoms with Gasteiger partial charge in [-0.2, -0.15) is 0 Å².